The first-order chi connectivity index (χ1) is 7.96. The summed E-state index contributed by atoms with van der Waals surface area (Å²) in [4.78, 5) is 8.35. The van der Waals surface area contributed by atoms with Crippen LogP contribution < -0.4 is 10.5 Å². The van der Waals surface area contributed by atoms with Gasteiger partial charge < -0.3 is 15.2 Å². The molecule has 1 aromatic rings. The summed E-state index contributed by atoms with van der Waals surface area (Å²) in [5.74, 6) is 1.45. The van der Waals surface area contributed by atoms with Crippen LogP contribution in [0.4, 0.5) is 5.82 Å². The molecule has 0 saturated carbocycles. The molecule has 0 atom stereocenters. The van der Waals surface area contributed by atoms with Gasteiger partial charge in [0.1, 0.15) is 18.0 Å². The number of hydrogen-bond donors (Lipinski definition) is 1. The van der Waals surface area contributed by atoms with Crippen molar-refractivity contribution < 1.29 is 9.47 Å². The lowest BCUT2D eigenvalue weighted by Crippen LogP contribution is -2.27. The molecule has 0 spiro atoms. The highest BCUT2D eigenvalue weighted by Gasteiger charge is 2.18. The van der Waals surface area contributed by atoms with E-state index >= 15 is 0 Å². The summed E-state index contributed by atoms with van der Waals surface area (Å²) >= 11 is 0. The van der Waals surface area contributed by atoms with Crippen LogP contribution in [0.5, 0.6) is 5.88 Å². The summed E-state index contributed by atoms with van der Waals surface area (Å²) in [6.45, 7) is 8.97. The van der Waals surface area contributed by atoms with Crippen molar-refractivity contribution in [3.05, 3.63) is 11.9 Å². The number of hydrogen-bond acceptors (Lipinski definition) is 5. The Kier molecular flexibility index (Phi) is 4.69. The van der Waals surface area contributed by atoms with Gasteiger partial charge >= 0.3 is 0 Å². The molecule has 17 heavy (non-hydrogen) atoms. The fourth-order valence-corrected chi connectivity index (χ4v) is 1.16. The number of ether oxygens (including phenoxy) is 2. The van der Waals surface area contributed by atoms with Crippen molar-refractivity contribution in [3.63, 3.8) is 0 Å². The SMILES string of the molecule is CCOCc1nc(N)cc(OC(C)(C)CC)n1. The molecule has 1 rings (SSSR count). The van der Waals surface area contributed by atoms with Crippen LogP contribution in [-0.2, 0) is 11.3 Å². The van der Waals surface area contributed by atoms with Crippen LogP contribution >= 0.6 is 0 Å². The van der Waals surface area contributed by atoms with Gasteiger partial charge in [-0.2, -0.15) is 4.98 Å². The lowest BCUT2D eigenvalue weighted by atomic mass is 10.1. The molecule has 0 saturated heterocycles. The van der Waals surface area contributed by atoms with Crippen LogP contribution in [0.3, 0.4) is 0 Å². The third-order valence-electron chi connectivity index (χ3n) is 2.44. The van der Waals surface area contributed by atoms with E-state index in [9.17, 15) is 0 Å². The summed E-state index contributed by atoms with van der Waals surface area (Å²) in [5, 5.41) is 0. The van der Waals surface area contributed by atoms with Crippen LogP contribution in [0.25, 0.3) is 0 Å². The van der Waals surface area contributed by atoms with E-state index in [-0.39, 0.29) is 5.60 Å². The van der Waals surface area contributed by atoms with E-state index < -0.39 is 0 Å². The molecule has 96 valence electrons. The second-order valence-corrected chi connectivity index (χ2v) is 4.40. The maximum absolute atomic E-state index is 5.77. The van der Waals surface area contributed by atoms with Gasteiger partial charge in [0.15, 0.2) is 5.82 Å². The molecule has 0 fully saturated rings. The molecule has 5 nitrogen and oxygen atoms in total. The Balaban J connectivity index is 2.82. The fraction of sp³-hybridized carbons (Fsp3) is 0.667. The predicted octanol–water partition coefficient (Wildman–Crippen LogP) is 2.16. The van der Waals surface area contributed by atoms with Crippen LogP contribution in [0.2, 0.25) is 0 Å². The zero-order valence-electron chi connectivity index (χ0n) is 11.0. The molecule has 2 N–H and O–H groups in total. The Morgan fingerprint density at radius 2 is 2.00 bits per heavy atom. The minimum absolute atomic E-state index is 0.260. The molecule has 1 heterocycles. The molecule has 0 aromatic carbocycles. The van der Waals surface area contributed by atoms with Gasteiger partial charge in [-0.15, -0.1) is 0 Å². The average molecular weight is 239 g/mol. The van der Waals surface area contributed by atoms with E-state index in [2.05, 4.69) is 16.9 Å². The second-order valence-electron chi connectivity index (χ2n) is 4.40. The molecular weight excluding hydrogens is 218 g/mol. The van der Waals surface area contributed by atoms with E-state index in [1.807, 2.05) is 20.8 Å². The van der Waals surface area contributed by atoms with Crippen LogP contribution in [-0.4, -0.2) is 22.2 Å². The highest BCUT2D eigenvalue weighted by atomic mass is 16.5. The topological polar surface area (TPSA) is 70.3 Å². The summed E-state index contributed by atoms with van der Waals surface area (Å²) in [7, 11) is 0. The Bertz CT molecular complexity index is 367. The van der Waals surface area contributed by atoms with Gasteiger partial charge in [0.05, 0.1) is 0 Å². The monoisotopic (exact) mass is 239 g/mol. The van der Waals surface area contributed by atoms with Gasteiger partial charge in [-0.05, 0) is 27.2 Å². The Morgan fingerprint density at radius 1 is 1.29 bits per heavy atom. The molecule has 0 aliphatic rings. The normalized spacial score (nSPS) is 11.5. The van der Waals surface area contributed by atoms with Crippen molar-refractivity contribution in [2.75, 3.05) is 12.3 Å². The van der Waals surface area contributed by atoms with Crippen molar-refractivity contribution in [2.45, 2.75) is 46.3 Å². The fourth-order valence-electron chi connectivity index (χ4n) is 1.16. The largest absolute Gasteiger partial charge is 0.472 e. The summed E-state index contributed by atoms with van der Waals surface area (Å²) in [6.07, 6.45) is 0.887. The summed E-state index contributed by atoms with van der Waals surface area (Å²) in [5.41, 5.74) is 5.44. The number of rotatable bonds is 6. The van der Waals surface area contributed by atoms with Crippen LogP contribution in [0.1, 0.15) is 39.9 Å². The van der Waals surface area contributed by atoms with Gasteiger partial charge in [0.25, 0.3) is 0 Å². The predicted molar refractivity (Wildman–Crippen MR) is 66.8 cm³/mol. The average Bonchev–Trinajstić information content (AvgIpc) is 2.25. The summed E-state index contributed by atoms with van der Waals surface area (Å²) < 4.78 is 11.0. The number of anilines is 1. The van der Waals surface area contributed by atoms with Crippen molar-refractivity contribution >= 4 is 5.82 Å². The number of nitrogen functional groups attached to an aromatic ring is 1. The lowest BCUT2D eigenvalue weighted by Gasteiger charge is -2.24. The third-order valence-corrected chi connectivity index (χ3v) is 2.44. The first-order valence-electron chi connectivity index (χ1n) is 5.87. The maximum atomic E-state index is 5.77. The van der Waals surface area contributed by atoms with Crippen molar-refractivity contribution in [3.8, 4) is 5.88 Å². The molecule has 0 unspecified atom stereocenters. The first-order valence-corrected chi connectivity index (χ1v) is 5.87. The molecule has 0 bridgehead atoms. The quantitative estimate of drug-likeness (QED) is 0.823. The zero-order valence-corrected chi connectivity index (χ0v) is 11.0. The molecule has 0 aliphatic carbocycles. The first kappa shape index (κ1) is 13.7. The number of nitrogens with two attached hydrogens (primary N) is 1. The van der Waals surface area contributed by atoms with Crippen LogP contribution in [0, 0.1) is 0 Å². The van der Waals surface area contributed by atoms with Crippen LogP contribution in [0.15, 0.2) is 6.07 Å². The zero-order chi connectivity index (χ0) is 12.9. The number of aromatic nitrogens is 2. The molecule has 5 heteroatoms. The van der Waals surface area contributed by atoms with Crippen molar-refractivity contribution in [1.29, 1.82) is 0 Å². The second kappa shape index (κ2) is 5.82. The van der Waals surface area contributed by atoms with E-state index in [1.54, 1.807) is 6.07 Å². The van der Waals surface area contributed by atoms with Crippen molar-refractivity contribution in [1.82, 2.24) is 9.97 Å². The van der Waals surface area contributed by atoms with Gasteiger partial charge in [-0.25, -0.2) is 4.98 Å². The van der Waals surface area contributed by atoms with E-state index in [0.29, 0.717) is 30.7 Å². The standard InChI is InChI=1S/C12H21N3O2/c1-5-12(3,4)17-11-7-9(13)14-10(15-11)8-16-6-2/h7H,5-6,8H2,1-4H3,(H2,13,14,15). The van der Waals surface area contributed by atoms with E-state index in [0.717, 1.165) is 6.42 Å². The molecule has 0 radical (unpaired) electrons. The highest BCUT2D eigenvalue weighted by molar-refractivity contribution is 5.33. The van der Waals surface area contributed by atoms with Gasteiger partial charge in [0.2, 0.25) is 5.88 Å². The Morgan fingerprint density at radius 3 is 2.59 bits per heavy atom. The van der Waals surface area contributed by atoms with Gasteiger partial charge in [0, 0.05) is 12.7 Å². The van der Waals surface area contributed by atoms with E-state index in [4.69, 9.17) is 15.2 Å². The Labute approximate surface area is 102 Å². The molecular formula is C12H21N3O2. The summed E-state index contributed by atoms with van der Waals surface area (Å²) in [6, 6.07) is 1.63. The lowest BCUT2D eigenvalue weighted by molar-refractivity contribution is 0.0952. The molecule has 0 aliphatic heterocycles. The molecule has 1 aromatic heterocycles. The minimum atomic E-state index is -0.260. The minimum Gasteiger partial charge on any atom is -0.472 e. The van der Waals surface area contributed by atoms with Gasteiger partial charge in [-0.1, -0.05) is 6.92 Å². The highest BCUT2D eigenvalue weighted by Crippen LogP contribution is 2.20. The van der Waals surface area contributed by atoms with Gasteiger partial charge in [-0.3, -0.25) is 0 Å². The third kappa shape index (κ3) is 4.56. The molecule has 0 amide bonds. The van der Waals surface area contributed by atoms with E-state index in [1.165, 1.54) is 0 Å². The maximum Gasteiger partial charge on any atom is 0.219 e. The number of nitrogens with zero attached hydrogens (tertiary/aromatic N) is 2. The Hall–Kier alpha value is -1.36. The van der Waals surface area contributed by atoms with Crippen molar-refractivity contribution in [2.24, 2.45) is 0 Å². The smallest absolute Gasteiger partial charge is 0.219 e.